The van der Waals surface area contributed by atoms with E-state index in [1.54, 1.807) is 12.1 Å². The molecule has 0 saturated heterocycles. The highest BCUT2D eigenvalue weighted by atomic mass is 19.1. The molecule has 0 radical (unpaired) electrons. The van der Waals surface area contributed by atoms with Crippen molar-refractivity contribution in [1.29, 1.82) is 0 Å². The van der Waals surface area contributed by atoms with Crippen LogP contribution < -0.4 is 5.73 Å². The minimum absolute atomic E-state index is 0.162. The van der Waals surface area contributed by atoms with Crippen LogP contribution >= 0.6 is 0 Å². The molecule has 0 spiro atoms. The second kappa shape index (κ2) is 5.37. The topological polar surface area (TPSA) is 29.3 Å². The number of nitrogens with two attached hydrogens (primary N) is 1. The van der Waals surface area contributed by atoms with E-state index in [9.17, 15) is 4.39 Å². The second-order valence-corrected chi connectivity index (χ2v) is 5.95. The predicted molar refractivity (Wildman–Crippen MR) is 72.7 cm³/mol. The maximum absolute atomic E-state index is 13.1. The van der Waals surface area contributed by atoms with Crippen LogP contribution in [0.3, 0.4) is 0 Å². The minimum Gasteiger partial charge on any atom is -0.327 e. The summed E-state index contributed by atoms with van der Waals surface area (Å²) in [5.41, 5.74) is 7.42. The summed E-state index contributed by atoms with van der Waals surface area (Å²) in [7, 11) is 2.08. The zero-order valence-electron chi connectivity index (χ0n) is 11.3. The van der Waals surface area contributed by atoms with Crippen LogP contribution in [0.2, 0.25) is 0 Å². The van der Waals surface area contributed by atoms with Crippen molar-refractivity contribution in [2.75, 3.05) is 13.6 Å². The molecule has 100 valence electrons. The number of benzene rings is 1. The van der Waals surface area contributed by atoms with Crippen LogP contribution in [0, 0.1) is 11.2 Å². The maximum atomic E-state index is 13.1. The van der Waals surface area contributed by atoms with Crippen LogP contribution in [0.25, 0.3) is 0 Å². The van der Waals surface area contributed by atoms with Crippen molar-refractivity contribution in [3.8, 4) is 0 Å². The number of rotatable bonds is 4. The molecule has 0 bridgehead atoms. The molecule has 2 nitrogen and oxygen atoms in total. The molecule has 2 N–H and O–H groups in total. The molecule has 0 aliphatic heterocycles. The van der Waals surface area contributed by atoms with E-state index in [1.165, 1.54) is 18.9 Å². The summed E-state index contributed by atoms with van der Waals surface area (Å²) in [4.78, 5) is 2.25. The van der Waals surface area contributed by atoms with Crippen LogP contribution in [0.1, 0.15) is 31.7 Å². The minimum atomic E-state index is -0.162. The van der Waals surface area contributed by atoms with Gasteiger partial charge in [0.05, 0.1) is 0 Å². The third kappa shape index (κ3) is 3.09. The molecule has 1 aliphatic carbocycles. The highest BCUT2D eigenvalue weighted by Gasteiger charge is 2.36. The first kappa shape index (κ1) is 13.5. The Bertz CT molecular complexity index is 407. The lowest BCUT2D eigenvalue weighted by molar-refractivity contribution is 0.173. The van der Waals surface area contributed by atoms with Crippen molar-refractivity contribution in [2.45, 2.75) is 38.8 Å². The summed E-state index contributed by atoms with van der Waals surface area (Å²) >= 11 is 0. The average Bonchev–Trinajstić information content (AvgIpc) is 2.58. The van der Waals surface area contributed by atoms with Gasteiger partial charge in [0.2, 0.25) is 0 Å². The van der Waals surface area contributed by atoms with Gasteiger partial charge in [0.1, 0.15) is 5.82 Å². The van der Waals surface area contributed by atoms with Crippen LogP contribution in [0.4, 0.5) is 4.39 Å². The molecule has 1 aromatic rings. The lowest BCUT2D eigenvalue weighted by Gasteiger charge is -2.33. The van der Waals surface area contributed by atoms with Gasteiger partial charge in [-0.1, -0.05) is 25.5 Å². The van der Waals surface area contributed by atoms with E-state index in [0.29, 0.717) is 6.04 Å². The van der Waals surface area contributed by atoms with Gasteiger partial charge in [0, 0.05) is 19.1 Å². The third-order valence-corrected chi connectivity index (χ3v) is 4.13. The first-order chi connectivity index (χ1) is 8.49. The molecule has 0 aromatic heterocycles. The summed E-state index contributed by atoms with van der Waals surface area (Å²) in [5, 5.41) is 0. The number of halogens is 1. The van der Waals surface area contributed by atoms with Crippen LogP contribution in [0.15, 0.2) is 24.3 Å². The van der Waals surface area contributed by atoms with E-state index in [0.717, 1.165) is 25.1 Å². The molecular formula is C15H23FN2. The Morgan fingerprint density at radius 2 is 2.28 bits per heavy atom. The largest absolute Gasteiger partial charge is 0.327 e. The number of hydrogen-bond acceptors (Lipinski definition) is 2. The standard InChI is InChI=1S/C15H23FN2/c1-15(8-4-7-14(15)17)11-18(2)10-12-5-3-6-13(16)9-12/h3,5-6,9,14H,4,7-8,10-11,17H2,1-2H3. The average molecular weight is 250 g/mol. The zero-order chi connectivity index (χ0) is 13.2. The summed E-state index contributed by atoms with van der Waals surface area (Å²) in [5.74, 6) is -0.162. The SMILES string of the molecule is CN(Cc1cccc(F)c1)CC1(C)CCCC1N. The maximum Gasteiger partial charge on any atom is 0.123 e. The van der Waals surface area contributed by atoms with Gasteiger partial charge >= 0.3 is 0 Å². The van der Waals surface area contributed by atoms with Crippen LogP contribution in [-0.2, 0) is 6.54 Å². The van der Waals surface area contributed by atoms with Gasteiger partial charge < -0.3 is 10.6 Å². The molecule has 2 unspecified atom stereocenters. The van der Waals surface area contributed by atoms with Gasteiger partial charge in [-0.05, 0) is 43.0 Å². The van der Waals surface area contributed by atoms with Crippen LogP contribution in [-0.4, -0.2) is 24.5 Å². The van der Waals surface area contributed by atoms with Crippen LogP contribution in [0.5, 0.6) is 0 Å². The Labute approximate surface area is 109 Å². The fourth-order valence-corrected chi connectivity index (χ4v) is 3.08. The number of hydrogen-bond donors (Lipinski definition) is 1. The van der Waals surface area contributed by atoms with Crippen molar-refractivity contribution in [3.63, 3.8) is 0 Å². The molecule has 1 saturated carbocycles. The summed E-state index contributed by atoms with van der Waals surface area (Å²) in [6.45, 7) is 4.03. The van der Waals surface area contributed by atoms with E-state index in [4.69, 9.17) is 5.73 Å². The van der Waals surface area contributed by atoms with Gasteiger partial charge in [-0.2, -0.15) is 0 Å². The molecule has 1 aliphatic rings. The molecular weight excluding hydrogens is 227 g/mol. The highest BCUT2D eigenvalue weighted by molar-refractivity contribution is 5.16. The summed E-state index contributed by atoms with van der Waals surface area (Å²) < 4.78 is 13.1. The van der Waals surface area contributed by atoms with Crippen molar-refractivity contribution >= 4 is 0 Å². The first-order valence-electron chi connectivity index (χ1n) is 6.68. The van der Waals surface area contributed by atoms with Crippen molar-refractivity contribution in [3.05, 3.63) is 35.6 Å². The monoisotopic (exact) mass is 250 g/mol. The summed E-state index contributed by atoms with van der Waals surface area (Å²) in [6.07, 6.45) is 3.55. The predicted octanol–water partition coefficient (Wildman–Crippen LogP) is 2.78. The number of nitrogens with zero attached hydrogens (tertiary/aromatic N) is 1. The first-order valence-corrected chi connectivity index (χ1v) is 6.68. The quantitative estimate of drug-likeness (QED) is 0.890. The Kier molecular flexibility index (Phi) is 4.03. The third-order valence-electron chi connectivity index (χ3n) is 4.13. The van der Waals surface area contributed by atoms with Crippen molar-refractivity contribution < 1.29 is 4.39 Å². The second-order valence-electron chi connectivity index (χ2n) is 5.95. The van der Waals surface area contributed by atoms with E-state index in [1.807, 2.05) is 6.07 Å². The molecule has 1 aromatic carbocycles. The lowest BCUT2D eigenvalue weighted by atomic mass is 9.84. The molecule has 0 amide bonds. The Balaban J connectivity index is 1.94. The summed E-state index contributed by atoms with van der Waals surface area (Å²) in [6, 6.07) is 7.12. The molecule has 2 atom stereocenters. The van der Waals surface area contributed by atoms with Gasteiger partial charge in [-0.15, -0.1) is 0 Å². The molecule has 18 heavy (non-hydrogen) atoms. The smallest absolute Gasteiger partial charge is 0.123 e. The van der Waals surface area contributed by atoms with Crippen molar-refractivity contribution in [1.82, 2.24) is 4.90 Å². The van der Waals surface area contributed by atoms with Crippen molar-refractivity contribution in [2.24, 2.45) is 11.1 Å². The highest BCUT2D eigenvalue weighted by Crippen LogP contribution is 2.37. The fourth-order valence-electron chi connectivity index (χ4n) is 3.08. The normalized spacial score (nSPS) is 27.9. The van der Waals surface area contributed by atoms with Gasteiger partial charge in [-0.25, -0.2) is 4.39 Å². The van der Waals surface area contributed by atoms with E-state index in [2.05, 4.69) is 18.9 Å². The molecule has 2 rings (SSSR count). The van der Waals surface area contributed by atoms with E-state index in [-0.39, 0.29) is 11.2 Å². The zero-order valence-corrected chi connectivity index (χ0v) is 11.3. The molecule has 1 fully saturated rings. The van der Waals surface area contributed by atoms with E-state index < -0.39 is 0 Å². The van der Waals surface area contributed by atoms with Gasteiger partial charge in [-0.3, -0.25) is 0 Å². The molecule has 3 heteroatoms. The molecule has 0 heterocycles. The Morgan fingerprint density at radius 3 is 2.89 bits per heavy atom. The Hall–Kier alpha value is -0.930. The lowest BCUT2D eigenvalue weighted by Crippen LogP contribution is -2.42. The Morgan fingerprint density at radius 1 is 1.50 bits per heavy atom. The van der Waals surface area contributed by atoms with Gasteiger partial charge in [0.15, 0.2) is 0 Å². The fraction of sp³-hybridized carbons (Fsp3) is 0.600. The van der Waals surface area contributed by atoms with E-state index >= 15 is 0 Å². The van der Waals surface area contributed by atoms with Gasteiger partial charge in [0.25, 0.3) is 0 Å².